The highest BCUT2D eigenvalue weighted by atomic mass is 16.5. The summed E-state index contributed by atoms with van der Waals surface area (Å²) in [6, 6.07) is 7.24. The average Bonchev–Trinajstić information content (AvgIpc) is 2.69. The third kappa shape index (κ3) is 4.25. The van der Waals surface area contributed by atoms with E-state index in [1.165, 1.54) is 6.42 Å². The zero-order valence-electron chi connectivity index (χ0n) is 15.3. The minimum Gasteiger partial charge on any atom is -0.483 e. The number of piperidine rings is 1. The number of aromatic nitrogens is 1. The van der Waals surface area contributed by atoms with Crippen LogP contribution < -0.4 is 10.3 Å². The highest BCUT2D eigenvalue weighted by molar-refractivity contribution is 5.88. The number of likely N-dealkylation sites (tertiary alicyclic amines) is 1. The van der Waals surface area contributed by atoms with Gasteiger partial charge in [0.1, 0.15) is 5.75 Å². The summed E-state index contributed by atoms with van der Waals surface area (Å²) in [4.78, 5) is 26.8. The number of carbonyl (C=O) groups is 1. The van der Waals surface area contributed by atoms with Gasteiger partial charge in [0.25, 0.3) is 11.5 Å². The fraction of sp³-hybridized carbons (Fsp3) is 0.500. The molecule has 1 aliphatic rings. The number of amides is 1. The molecule has 26 heavy (non-hydrogen) atoms. The van der Waals surface area contributed by atoms with Gasteiger partial charge in [-0.2, -0.15) is 0 Å². The number of carbonyl (C=O) groups excluding carboxylic acids is 1. The molecule has 1 amide bonds. The van der Waals surface area contributed by atoms with E-state index in [9.17, 15) is 9.59 Å². The Labute approximate surface area is 153 Å². The Hall–Kier alpha value is -2.34. The van der Waals surface area contributed by atoms with E-state index in [1.807, 2.05) is 17.9 Å². The predicted molar refractivity (Wildman–Crippen MR) is 101 cm³/mol. The lowest BCUT2D eigenvalue weighted by molar-refractivity contribution is -0.134. The van der Waals surface area contributed by atoms with Crippen molar-refractivity contribution in [3.05, 3.63) is 40.8 Å². The number of hydrogen-bond acceptors (Lipinski definition) is 4. The van der Waals surface area contributed by atoms with Gasteiger partial charge in [-0.3, -0.25) is 9.59 Å². The van der Waals surface area contributed by atoms with E-state index < -0.39 is 0 Å². The van der Waals surface area contributed by atoms with Crippen LogP contribution in [0.25, 0.3) is 10.8 Å². The van der Waals surface area contributed by atoms with Crippen molar-refractivity contribution in [2.75, 3.05) is 32.9 Å². The lowest BCUT2D eigenvalue weighted by Gasteiger charge is -2.26. The topological polar surface area (TPSA) is 60.8 Å². The minimum atomic E-state index is -0.0741. The molecule has 2 aromatic rings. The number of rotatable bonds is 7. The molecule has 0 bridgehead atoms. The molecule has 6 heteroatoms. The summed E-state index contributed by atoms with van der Waals surface area (Å²) >= 11 is 0. The summed E-state index contributed by atoms with van der Waals surface area (Å²) in [7, 11) is 0. The molecule has 0 N–H and O–H groups in total. The quantitative estimate of drug-likeness (QED) is 0.713. The van der Waals surface area contributed by atoms with E-state index in [1.54, 1.807) is 29.0 Å². The molecule has 3 rings (SSSR count). The molecule has 1 aliphatic heterocycles. The molecule has 1 aromatic heterocycles. The number of benzene rings is 1. The van der Waals surface area contributed by atoms with Crippen molar-refractivity contribution >= 4 is 16.7 Å². The first kappa shape index (κ1) is 18.5. The third-order valence-corrected chi connectivity index (χ3v) is 4.72. The molecular weight excluding hydrogens is 332 g/mol. The largest absolute Gasteiger partial charge is 0.483 e. The second-order valence-corrected chi connectivity index (χ2v) is 6.46. The average molecular weight is 358 g/mol. The van der Waals surface area contributed by atoms with Gasteiger partial charge < -0.3 is 18.9 Å². The highest BCUT2D eigenvalue weighted by Gasteiger charge is 2.17. The number of fused-ring (bicyclic) bond motifs is 1. The number of ether oxygens (including phenoxy) is 2. The van der Waals surface area contributed by atoms with Gasteiger partial charge in [0.2, 0.25) is 0 Å². The van der Waals surface area contributed by atoms with Gasteiger partial charge in [-0.15, -0.1) is 0 Å². The van der Waals surface area contributed by atoms with Gasteiger partial charge in [-0.25, -0.2) is 0 Å². The van der Waals surface area contributed by atoms with E-state index in [0.29, 0.717) is 30.9 Å². The highest BCUT2D eigenvalue weighted by Crippen LogP contribution is 2.23. The number of nitrogens with zero attached hydrogens (tertiary/aromatic N) is 2. The second kappa shape index (κ2) is 8.85. The van der Waals surface area contributed by atoms with E-state index in [-0.39, 0.29) is 18.1 Å². The van der Waals surface area contributed by atoms with Gasteiger partial charge in [-0.1, -0.05) is 6.07 Å². The lowest BCUT2D eigenvalue weighted by atomic mass is 10.1. The van der Waals surface area contributed by atoms with Crippen molar-refractivity contribution in [2.45, 2.75) is 32.7 Å². The maximum atomic E-state index is 12.6. The second-order valence-electron chi connectivity index (χ2n) is 6.46. The van der Waals surface area contributed by atoms with Crippen molar-refractivity contribution in [3.8, 4) is 5.75 Å². The Balaban J connectivity index is 1.73. The van der Waals surface area contributed by atoms with Crippen molar-refractivity contribution in [1.82, 2.24) is 9.47 Å². The molecule has 0 aliphatic carbocycles. The van der Waals surface area contributed by atoms with Gasteiger partial charge in [0.05, 0.1) is 12.0 Å². The van der Waals surface area contributed by atoms with Crippen LogP contribution in [0.15, 0.2) is 35.3 Å². The van der Waals surface area contributed by atoms with Crippen LogP contribution in [-0.4, -0.2) is 48.3 Å². The van der Waals surface area contributed by atoms with Crippen LogP contribution in [0, 0.1) is 0 Å². The van der Waals surface area contributed by atoms with Crippen LogP contribution in [0.3, 0.4) is 0 Å². The Morgan fingerprint density at radius 3 is 2.69 bits per heavy atom. The Morgan fingerprint density at radius 2 is 1.92 bits per heavy atom. The standard InChI is InChI=1S/C20H26N2O4/c1-2-25-14-13-22-12-9-16-17(20(22)24)7-6-8-18(16)26-15-19(23)21-10-4-3-5-11-21/h6-9,12H,2-5,10-11,13-15H2,1H3. The van der Waals surface area contributed by atoms with Crippen LogP contribution in [-0.2, 0) is 16.1 Å². The van der Waals surface area contributed by atoms with E-state index >= 15 is 0 Å². The molecule has 0 unspecified atom stereocenters. The molecule has 0 radical (unpaired) electrons. The van der Waals surface area contributed by atoms with Crippen LogP contribution in [0.1, 0.15) is 26.2 Å². The van der Waals surface area contributed by atoms with Crippen molar-refractivity contribution in [2.24, 2.45) is 0 Å². The molecule has 0 atom stereocenters. The Bertz CT molecular complexity index is 809. The Kier molecular flexibility index (Phi) is 6.28. The number of pyridine rings is 1. The first-order valence-corrected chi connectivity index (χ1v) is 9.31. The number of hydrogen-bond donors (Lipinski definition) is 0. The summed E-state index contributed by atoms with van der Waals surface area (Å²) in [5, 5.41) is 1.32. The first-order chi connectivity index (χ1) is 12.7. The molecule has 0 saturated carbocycles. The lowest BCUT2D eigenvalue weighted by Crippen LogP contribution is -2.38. The molecule has 2 heterocycles. The summed E-state index contributed by atoms with van der Waals surface area (Å²) in [5.41, 5.74) is -0.0741. The molecule has 1 aromatic carbocycles. The Morgan fingerprint density at radius 1 is 1.12 bits per heavy atom. The van der Waals surface area contributed by atoms with Crippen LogP contribution in [0.5, 0.6) is 5.75 Å². The third-order valence-electron chi connectivity index (χ3n) is 4.72. The summed E-state index contributed by atoms with van der Waals surface area (Å²) < 4.78 is 12.7. The van der Waals surface area contributed by atoms with Crippen LogP contribution in [0.2, 0.25) is 0 Å². The molecule has 0 spiro atoms. The smallest absolute Gasteiger partial charge is 0.260 e. The molecule has 1 saturated heterocycles. The van der Waals surface area contributed by atoms with E-state index in [4.69, 9.17) is 9.47 Å². The maximum absolute atomic E-state index is 12.6. The van der Waals surface area contributed by atoms with Crippen LogP contribution >= 0.6 is 0 Å². The molecular formula is C20H26N2O4. The maximum Gasteiger partial charge on any atom is 0.260 e. The molecule has 140 valence electrons. The minimum absolute atomic E-state index is 0.00626. The summed E-state index contributed by atoms with van der Waals surface area (Å²) in [6.45, 7) is 5.20. The predicted octanol–water partition coefficient (Wildman–Crippen LogP) is 2.43. The molecule has 1 fully saturated rings. The fourth-order valence-corrected chi connectivity index (χ4v) is 3.27. The first-order valence-electron chi connectivity index (χ1n) is 9.31. The monoisotopic (exact) mass is 358 g/mol. The van der Waals surface area contributed by atoms with E-state index in [0.717, 1.165) is 31.3 Å². The fourth-order valence-electron chi connectivity index (χ4n) is 3.27. The van der Waals surface area contributed by atoms with Crippen LogP contribution in [0.4, 0.5) is 0 Å². The van der Waals surface area contributed by atoms with E-state index in [2.05, 4.69) is 0 Å². The summed E-state index contributed by atoms with van der Waals surface area (Å²) in [6.07, 6.45) is 5.05. The van der Waals surface area contributed by atoms with Gasteiger partial charge in [-0.05, 0) is 44.4 Å². The zero-order valence-corrected chi connectivity index (χ0v) is 15.3. The van der Waals surface area contributed by atoms with Gasteiger partial charge in [0, 0.05) is 37.8 Å². The normalized spacial score (nSPS) is 14.6. The van der Waals surface area contributed by atoms with Crippen molar-refractivity contribution in [1.29, 1.82) is 0 Å². The molecule has 6 nitrogen and oxygen atoms in total. The summed E-state index contributed by atoms with van der Waals surface area (Å²) in [5.74, 6) is 0.577. The van der Waals surface area contributed by atoms with Crippen molar-refractivity contribution in [3.63, 3.8) is 0 Å². The van der Waals surface area contributed by atoms with Crippen molar-refractivity contribution < 1.29 is 14.3 Å². The zero-order chi connectivity index (χ0) is 18.4. The van der Waals surface area contributed by atoms with Gasteiger partial charge in [0.15, 0.2) is 6.61 Å². The van der Waals surface area contributed by atoms with Gasteiger partial charge >= 0.3 is 0 Å². The SMILES string of the molecule is CCOCCn1ccc2c(OCC(=O)N3CCCCC3)cccc2c1=O.